The average Bonchev–Trinajstić information content (AvgIpc) is 3.41. The van der Waals surface area contributed by atoms with Gasteiger partial charge in [0.2, 0.25) is 0 Å². The molecule has 3 aromatic rings. The monoisotopic (exact) mass is 463 g/mol. The van der Waals surface area contributed by atoms with Crippen LogP contribution < -0.4 is 16.0 Å². The Bertz CT molecular complexity index is 1080. The molecule has 2 saturated heterocycles. The van der Waals surface area contributed by atoms with Crippen molar-refractivity contribution in [2.75, 3.05) is 48.8 Å². The van der Waals surface area contributed by atoms with Gasteiger partial charge in [-0.05, 0) is 60.5 Å². The van der Waals surface area contributed by atoms with Crippen LogP contribution >= 0.6 is 11.3 Å². The molecule has 2 aliphatic rings. The highest BCUT2D eigenvalue weighted by atomic mass is 32.1. The number of thiophene rings is 1. The third kappa shape index (κ3) is 4.88. The molecule has 3 N–H and O–H groups in total. The number of carbonyl (C=O) groups excluding carboxylic acids is 1. The van der Waals surface area contributed by atoms with Crippen LogP contribution in [0.5, 0.6) is 0 Å². The number of nitrogens with zero attached hydrogens (tertiary/aromatic N) is 3. The molecule has 1 unspecified atom stereocenters. The molecule has 1 amide bonds. The molecule has 7 nitrogen and oxygen atoms in total. The van der Waals surface area contributed by atoms with Crippen molar-refractivity contribution in [1.29, 1.82) is 0 Å². The van der Waals surface area contributed by atoms with Gasteiger partial charge in [-0.2, -0.15) is 0 Å². The largest absolute Gasteiger partial charge is 0.397 e. The Kier molecular flexibility index (Phi) is 6.57. The van der Waals surface area contributed by atoms with E-state index in [1.54, 1.807) is 17.5 Å². The number of hydrogen-bond acceptors (Lipinski definition) is 7. The zero-order chi connectivity index (χ0) is 22.6. The van der Waals surface area contributed by atoms with Gasteiger partial charge in [0.1, 0.15) is 5.82 Å². The number of piperidine rings is 1. The number of ether oxygens (including phenoxy) is 1. The number of rotatable bonds is 5. The van der Waals surface area contributed by atoms with E-state index in [-0.39, 0.29) is 5.91 Å². The maximum Gasteiger partial charge on any atom is 0.257 e. The van der Waals surface area contributed by atoms with Crippen molar-refractivity contribution in [2.24, 2.45) is 0 Å². The van der Waals surface area contributed by atoms with Crippen molar-refractivity contribution in [1.82, 2.24) is 9.88 Å². The summed E-state index contributed by atoms with van der Waals surface area (Å²) in [5, 5.41) is 4.98. The molecular weight excluding hydrogens is 434 g/mol. The number of amides is 1. The fraction of sp³-hybridized carbons (Fsp3) is 0.360. The molecule has 8 heteroatoms. The predicted molar refractivity (Wildman–Crippen MR) is 134 cm³/mol. The summed E-state index contributed by atoms with van der Waals surface area (Å²) in [4.78, 5) is 23.6. The highest BCUT2D eigenvalue weighted by Crippen LogP contribution is 2.31. The molecule has 2 fully saturated rings. The first-order valence-electron chi connectivity index (χ1n) is 11.5. The summed E-state index contributed by atoms with van der Waals surface area (Å²) in [5.41, 5.74) is 8.82. The van der Waals surface area contributed by atoms with Crippen LogP contribution in [-0.4, -0.2) is 54.8 Å². The number of hydrogen-bond donors (Lipinski definition) is 2. The van der Waals surface area contributed by atoms with E-state index in [9.17, 15) is 4.79 Å². The minimum absolute atomic E-state index is 0.215. The summed E-state index contributed by atoms with van der Waals surface area (Å²) < 4.78 is 5.53. The third-order valence-electron chi connectivity index (χ3n) is 6.35. The van der Waals surface area contributed by atoms with Gasteiger partial charge >= 0.3 is 0 Å². The number of benzene rings is 1. The summed E-state index contributed by atoms with van der Waals surface area (Å²) in [6.45, 7) is 4.45. The number of nitrogens with two attached hydrogens (primary N) is 1. The summed E-state index contributed by atoms with van der Waals surface area (Å²) >= 11 is 1.65. The minimum atomic E-state index is -0.215. The van der Waals surface area contributed by atoms with Gasteiger partial charge in [0.15, 0.2) is 0 Å². The van der Waals surface area contributed by atoms with Gasteiger partial charge in [0, 0.05) is 30.7 Å². The zero-order valence-corrected chi connectivity index (χ0v) is 19.4. The maximum atomic E-state index is 12.9. The minimum Gasteiger partial charge on any atom is -0.397 e. The van der Waals surface area contributed by atoms with Gasteiger partial charge in [-0.25, -0.2) is 4.98 Å². The van der Waals surface area contributed by atoms with Crippen LogP contribution in [-0.2, 0) is 4.74 Å². The van der Waals surface area contributed by atoms with E-state index in [2.05, 4.69) is 26.2 Å². The summed E-state index contributed by atoms with van der Waals surface area (Å²) in [5.74, 6) is 0.703. The maximum absolute atomic E-state index is 12.9. The van der Waals surface area contributed by atoms with Crippen LogP contribution in [0.25, 0.3) is 10.4 Å². The first-order valence-corrected chi connectivity index (χ1v) is 12.4. The first kappa shape index (κ1) is 21.9. The van der Waals surface area contributed by atoms with Crippen molar-refractivity contribution in [3.63, 3.8) is 0 Å². The number of morpholine rings is 1. The number of anilines is 3. The Morgan fingerprint density at radius 1 is 1.12 bits per heavy atom. The second-order valence-electron chi connectivity index (χ2n) is 8.46. The summed E-state index contributed by atoms with van der Waals surface area (Å²) in [6.07, 6.45) is 5.52. The molecular formula is C25H29N5O2S. The smallest absolute Gasteiger partial charge is 0.257 e. The molecule has 1 aromatic carbocycles. The molecule has 0 bridgehead atoms. The lowest BCUT2D eigenvalue weighted by Gasteiger charge is -2.44. The van der Waals surface area contributed by atoms with Gasteiger partial charge in [-0.3, -0.25) is 9.69 Å². The van der Waals surface area contributed by atoms with E-state index in [1.807, 2.05) is 41.8 Å². The van der Waals surface area contributed by atoms with Crippen LogP contribution in [0.4, 0.5) is 17.2 Å². The van der Waals surface area contributed by atoms with Gasteiger partial charge in [0.05, 0.1) is 36.3 Å². The van der Waals surface area contributed by atoms with E-state index in [0.717, 1.165) is 61.9 Å². The number of pyridine rings is 1. The van der Waals surface area contributed by atoms with Crippen molar-refractivity contribution in [3.8, 4) is 10.4 Å². The third-order valence-corrected chi connectivity index (χ3v) is 7.27. The molecule has 0 saturated carbocycles. The standard InChI is InChI=1S/C25H29N5O2S/c26-20-8-6-18(22-4-3-15-33-22)16-21(20)28-25(31)19-7-9-23(27-17-19)30-10-2-1-5-24(30)29-11-13-32-14-12-29/h3-4,6-9,15-17,24H,1-2,5,10-14,26H2,(H,28,31). The Morgan fingerprint density at radius 2 is 2.00 bits per heavy atom. The van der Waals surface area contributed by atoms with Gasteiger partial charge in [-0.15, -0.1) is 11.3 Å². The second kappa shape index (κ2) is 9.91. The van der Waals surface area contributed by atoms with Crippen LogP contribution in [0.1, 0.15) is 29.6 Å². The van der Waals surface area contributed by atoms with Gasteiger partial charge in [0.25, 0.3) is 5.91 Å². The molecule has 4 heterocycles. The van der Waals surface area contributed by atoms with Gasteiger partial charge < -0.3 is 20.7 Å². The lowest BCUT2D eigenvalue weighted by molar-refractivity contribution is 0.0106. The van der Waals surface area contributed by atoms with Crippen LogP contribution in [0, 0.1) is 0 Å². The quantitative estimate of drug-likeness (QED) is 0.549. The lowest BCUT2D eigenvalue weighted by Crippen LogP contribution is -2.54. The van der Waals surface area contributed by atoms with Gasteiger partial charge in [-0.1, -0.05) is 12.1 Å². The molecule has 0 radical (unpaired) electrons. The normalized spacial score (nSPS) is 19.4. The first-order chi connectivity index (χ1) is 16.2. The molecule has 2 aliphatic heterocycles. The topological polar surface area (TPSA) is 83.7 Å². The highest BCUT2D eigenvalue weighted by Gasteiger charge is 2.30. The van der Waals surface area contributed by atoms with E-state index in [0.29, 0.717) is 23.1 Å². The van der Waals surface area contributed by atoms with Crippen LogP contribution in [0.2, 0.25) is 0 Å². The fourth-order valence-electron chi connectivity index (χ4n) is 4.58. The molecule has 0 spiro atoms. The molecule has 1 atom stereocenters. The Balaban J connectivity index is 1.30. The molecule has 2 aromatic heterocycles. The Hall–Kier alpha value is -2.94. The average molecular weight is 464 g/mol. The summed E-state index contributed by atoms with van der Waals surface area (Å²) in [7, 11) is 0. The second-order valence-corrected chi connectivity index (χ2v) is 9.40. The van der Waals surface area contributed by atoms with Crippen LogP contribution in [0.3, 0.4) is 0 Å². The fourth-order valence-corrected chi connectivity index (χ4v) is 5.31. The van der Waals surface area contributed by atoms with E-state index in [1.165, 1.54) is 6.42 Å². The molecule has 172 valence electrons. The van der Waals surface area contributed by atoms with E-state index >= 15 is 0 Å². The van der Waals surface area contributed by atoms with E-state index in [4.69, 9.17) is 10.5 Å². The van der Waals surface area contributed by atoms with Crippen molar-refractivity contribution >= 4 is 34.4 Å². The number of nitrogens with one attached hydrogen (secondary N) is 1. The Labute approximate surface area is 198 Å². The molecule has 0 aliphatic carbocycles. The van der Waals surface area contributed by atoms with Crippen LogP contribution in [0.15, 0.2) is 54.0 Å². The summed E-state index contributed by atoms with van der Waals surface area (Å²) in [6, 6.07) is 13.6. The lowest BCUT2D eigenvalue weighted by atomic mass is 10.1. The molecule has 5 rings (SSSR count). The zero-order valence-electron chi connectivity index (χ0n) is 18.6. The van der Waals surface area contributed by atoms with Crippen molar-refractivity contribution < 1.29 is 9.53 Å². The SMILES string of the molecule is Nc1ccc(-c2cccs2)cc1NC(=O)c1ccc(N2CCCCC2N2CCOCC2)nc1. The van der Waals surface area contributed by atoms with E-state index < -0.39 is 0 Å². The number of nitrogen functional groups attached to an aromatic ring is 1. The molecule has 33 heavy (non-hydrogen) atoms. The van der Waals surface area contributed by atoms with Crippen molar-refractivity contribution in [2.45, 2.75) is 25.4 Å². The van der Waals surface area contributed by atoms with Crippen molar-refractivity contribution in [3.05, 3.63) is 59.6 Å². The number of carbonyl (C=O) groups is 1. The highest BCUT2D eigenvalue weighted by molar-refractivity contribution is 7.13. The number of aromatic nitrogens is 1. The Morgan fingerprint density at radius 3 is 2.76 bits per heavy atom. The predicted octanol–water partition coefficient (Wildman–Crippen LogP) is 4.29.